The number of ether oxygens (including phenoxy) is 2. The molecule has 1 heterocycles. The number of nitrogens with one attached hydrogen (secondary N) is 1. The van der Waals surface area contributed by atoms with Gasteiger partial charge in [0.25, 0.3) is 21.8 Å². The lowest BCUT2D eigenvalue weighted by molar-refractivity contribution is -0.137. The van der Waals surface area contributed by atoms with Crippen LogP contribution in [0.1, 0.15) is 5.56 Å². The largest absolute Gasteiger partial charge is 0.484 e. The van der Waals surface area contributed by atoms with E-state index < -0.39 is 22.5 Å². The molecule has 1 aliphatic heterocycles. The summed E-state index contributed by atoms with van der Waals surface area (Å²) < 4.78 is 38.4. The Morgan fingerprint density at radius 1 is 1.03 bits per heavy atom. The first-order chi connectivity index (χ1) is 18.8. The Morgan fingerprint density at radius 2 is 1.74 bits per heavy atom. The summed E-state index contributed by atoms with van der Waals surface area (Å²) in [4.78, 5) is 26.6. The van der Waals surface area contributed by atoms with Crippen LogP contribution in [-0.2, 0) is 24.3 Å². The van der Waals surface area contributed by atoms with Gasteiger partial charge in [0.1, 0.15) is 12.3 Å². The Morgan fingerprint density at radius 3 is 2.44 bits per heavy atom. The molecule has 0 aliphatic carbocycles. The van der Waals surface area contributed by atoms with Gasteiger partial charge in [-0.2, -0.15) is 5.10 Å². The van der Waals surface area contributed by atoms with Crippen molar-refractivity contribution in [2.45, 2.75) is 4.90 Å². The molecule has 0 bridgehead atoms. The molecule has 3 aromatic rings. The average Bonchev–Trinajstić information content (AvgIpc) is 2.96. The monoisotopic (exact) mass is 570 g/mol. The summed E-state index contributed by atoms with van der Waals surface area (Å²) in [7, 11) is -4.05. The molecule has 12 heteroatoms. The number of hydrogen-bond donors (Lipinski definition) is 1. The molecule has 1 saturated heterocycles. The first-order valence-corrected chi connectivity index (χ1v) is 13.9. The molecule has 39 heavy (non-hydrogen) atoms. The summed E-state index contributed by atoms with van der Waals surface area (Å²) in [6, 6.07) is 20.8. The zero-order valence-corrected chi connectivity index (χ0v) is 22.5. The van der Waals surface area contributed by atoms with Gasteiger partial charge in [-0.15, -0.1) is 0 Å². The van der Waals surface area contributed by atoms with Gasteiger partial charge >= 0.3 is 0 Å². The van der Waals surface area contributed by atoms with E-state index in [-0.39, 0.29) is 23.1 Å². The zero-order chi connectivity index (χ0) is 27.7. The number of carbonyl (C=O) groups is 2. The molecular formula is C27H27ClN4O6S. The first kappa shape index (κ1) is 28.1. The number of benzene rings is 3. The van der Waals surface area contributed by atoms with E-state index in [9.17, 15) is 18.0 Å². The third-order valence-electron chi connectivity index (χ3n) is 5.72. The third kappa shape index (κ3) is 7.79. The summed E-state index contributed by atoms with van der Waals surface area (Å²) in [5, 5.41) is 4.27. The van der Waals surface area contributed by atoms with Crippen LogP contribution >= 0.6 is 11.6 Å². The Hall–Kier alpha value is -3.93. The van der Waals surface area contributed by atoms with Gasteiger partial charge in [-0.25, -0.2) is 13.8 Å². The van der Waals surface area contributed by atoms with Gasteiger partial charge in [-0.1, -0.05) is 35.9 Å². The predicted molar refractivity (Wildman–Crippen MR) is 147 cm³/mol. The minimum Gasteiger partial charge on any atom is -0.484 e. The molecule has 0 radical (unpaired) electrons. The zero-order valence-electron chi connectivity index (χ0n) is 20.9. The maximum absolute atomic E-state index is 13.3. The molecular weight excluding hydrogens is 544 g/mol. The van der Waals surface area contributed by atoms with Crippen molar-refractivity contribution >= 4 is 45.3 Å². The number of sulfonamides is 1. The summed E-state index contributed by atoms with van der Waals surface area (Å²) in [5.74, 6) is -0.235. The smallest absolute Gasteiger partial charge is 0.264 e. The lowest BCUT2D eigenvalue weighted by atomic mass is 10.2. The summed E-state index contributed by atoms with van der Waals surface area (Å²) >= 11 is 6.08. The second-order valence-corrected chi connectivity index (χ2v) is 10.7. The number of carbonyl (C=O) groups excluding carboxylic acids is 2. The van der Waals surface area contributed by atoms with E-state index in [1.807, 2.05) is 0 Å². The van der Waals surface area contributed by atoms with E-state index in [4.69, 9.17) is 21.1 Å². The molecule has 0 unspecified atom stereocenters. The lowest BCUT2D eigenvalue weighted by Gasteiger charge is -2.26. The van der Waals surface area contributed by atoms with E-state index in [0.29, 0.717) is 42.6 Å². The molecule has 0 saturated carbocycles. The molecule has 1 aliphatic rings. The summed E-state index contributed by atoms with van der Waals surface area (Å²) in [6.45, 7) is 1.57. The second-order valence-electron chi connectivity index (χ2n) is 8.45. The number of amides is 2. The second kappa shape index (κ2) is 13.2. The SMILES string of the molecule is O=C(CN(c1cccc(Cl)c1)S(=O)(=O)c1ccccc1)N/N=C\c1ccc(OCC(=O)N2CCOCC2)cc1. The van der Waals surface area contributed by atoms with Crippen molar-refractivity contribution in [2.24, 2.45) is 5.10 Å². The van der Waals surface area contributed by atoms with Crippen molar-refractivity contribution in [2.75, 3.05) is 43.8 Å². The van der Waals surface area contributed by atoms with E-state index in [1.165, 1.54) is 24.4 Å². The Bertz CT molecular complexity index is 1410. The highest BCUT2D eigenvalue weighted by Gasteiger charge is 2.27. The minimum absolute atomic E-state index is 0.0373. The van der Waals surface area contributed by atoms with Crippen molar-refractivity contribution in [3.63, 3.8) is 0 Å². The number of hydrazone groups is 1. The highest BCUT2D eigenvalue weighted by molar-refractivity contribution is 7.92. The van der Waals surface area contributed by atoms with Crippen LogP contribution in [0.4, 0.5) is 5.69 Å². The third-order valence-corrected chi connectivity index (χ3v) is 7.75. The van der Waals surface area contributed by atoms with E-state index in [2.05, 4.69) is 10.5 Å². The number of rotatable bonds is 10. The fourth-order valence-corrected chi connectivity index (χ4v) is 5.33. The van der Waals surface area contributed by atoms with Gasteiger partial charge in [0.05, 0.1) is 30.0 Å². The molecule has 0 spiro atoms. The summed E-state index contributed by atoms with van der Waals surface area (Å²) in [6.07, 6.45) is 1.41. The fourth-order valence-electron chi connectivity index (χ4n) is 3.71. The van der Waals surface area contributed by atoms with Crippen molar-refractivity contribution in [3.05, 3.63) is 89.4 Å². The van der Waals surface area contributed by atoms with E-state index >= 15 is 0 Å². The molecule has 2 amide bonds. The summed E-state index contributed by atoms with van der Waals surface area (Å²) in [5.41, 5.74) is 3.26. The number of anilines is 1. The molecule has 3 aromatic carbocycles. The van der Waals surface area contributed by atoms with Crippen LogP contribution in [0.5, 0.6) is 5.75 Å². The van der Waals surface area contributed by atoms with Gasteiger partial charge < -0.3 is 14.4 Å². The van der Waals surface area contributed by atoms with Crippen LogP contribution < -0.4 is 14.5 Å². The van der Waals surface area contributed by atoms with Gasteiger partial charge in [0, 0.05) is 18.1 Å². The van der Waals surface area contributed by atoms with Crippen LogP contribution in [0.15, 0.2) is 88.9 Å². The van der Waals surface area contributed by atoms with Gasteiger partial charge in [0.15, 0.2) is 6.61 Å². The van der Waals surface area contributed by atoms with Crippen molar-refractivity contribution in [1.29, 1.82) is 0 Å². The van der Waals surface area contributed by atoms with Crippen LogP contribution in [0.3, 0.4) is 0 Å². The molecule has 4 rings (SSSR count). The number of hydrogen-bond acceptors (Lipinski definition) is 7. The average molecular weight is 571 g/mol. The van der Waals surface area contributed by atoms with E-state index in [0.717, 1.165) is 4.31 Å². The molecule has 204 valence electrons. The number of nitrogens with zero attached hydrogens (tertiary/aromatic N) is 3. The number of halogens is 1. The van der Waals surface area contributed by atoms with Crippen LogP contribution in [0.2, 0.25) is 5.02 Å². The first-order valence-electron chi connectivity index (χ1n) is 12.1. The van der Waals surface area contributed by atoms with Crippen LogP contribution in [0, 0.1) is 0 Å². The maximum atomic E-state index is 13.3. The topological polar surface area (TPSA) is 118 Å². The van der Waals surface area contributed by atoms with Crippen molar-refractivity contribution < 1.29 is 27.5 Å². The fraction of sp³-hybridized carbons (Fsp3) is 0.222. The van der Waals surface area contributed by atoms with Gasteiger partial charge in [0.2, 0.25) is 0 Å². The molecule has 0 atom stereocenters. The van der Waals surface area contributed by atoms with Gasteiger partial charge in [-0.3, -0.25) is 13.9 Å². The van der Waals surface area contributed by atoms with Crippen molar-refractivity contribution in [1.82, 2.24) is 10.3 Å². The molecule has 10 nitrogen and oxygen atoms in total. The van der Waals surface area contributed by atoms with Crippen LogP contribution in [-0.4, -0.2) is 70.8 Å². The molecule has 1 N–H and O–H groups in total. The van der Waals surface area contributed by atoms with Crippen LogP contribution in [0.25, 0.3) is 0 Å². The molecule has 0 aromatic heterocycles. The standard InChI is InChI=1S/C27H27ClN4O6S/c28-22-5-4-6-23(17-22)32(39(35,36)25-7-2-1-3-8-25)19-26(33)30-29-18-21-9-11-24(12-10-21)38-20-27(34)31-13-15-37-16-14-31/h1-12,17-18H,13-16,19-20H2,(H,30,33)/b29-18-. The Kier molecular flexibility index (Phi) is 9.53. The highest BCUT2D eigenvalue weighted by atomic mass is 35.5. The van der Waals surface area contributed by atoms with Gasteiger partial charge in [-0.05, 0) is 60.2 Å². The Balaban J connectivity index is 1.35. The minimum atomic E-state index is -4.05. The number of morpholine rings is 1. The van der Waals surface area contributed by atoms with E-state index in [1.54, 1.807) is 65.6 Å². The quantitative estimate of drug-likeness (QED) is 0.296. The van der Waals surface area contributed by atoms with Crippen molar-refractivity contribution in [3.8, 4) is 5.75 Å². The Labute approximate surface area is 231 Å². The normalized spacial score (nSPS) is 13.7. The predicted octanol–water partition coefficient (Wildman–Crippen LogP) is 2.92. The maximum Gasteiger partial charge on any atom is 0.264 e. The highest BCUT2D eigenvalue weighted by Crippen LogP contribution is 2.26. The lowest BCUT2D eigenvalue weighted by Crippen LogP contribution is -2.42. The molecule has 1 fully saturated rings.